The van der Waals surface area contributed by atoms with Gasteiger partial charge in [-0.25, -0.2) is 0 Å². The van der Waals surface area contributed by atoms with Gasteiger partial charge in [0.2, 0.25) is 5.91 Å². The van der Waals surface area contributed by atoms with Gasteiger partial charge in [-0.15, -0.1) is 0 Å². The number of benzene rings is 1. The van der Waals surface area contributed by atoms with Crippen LogP contribution in [0.4, 0.5) is 0 Å². The molecule has 2 aliphatic rings. The van der Waals surface area contributed by atoms with Gasteiger partial charge in [0, 0.05) is 26.7 Å². The van der Waals surface area contributed by atoms with Crippen molar-refractivity contribution in [3.63, 3.8) is 0 Å². The lowest BCUT2D eigenvalue weighted by molar-refractivity contribution is -0.129. The first kappa shape index (κ1) is 17.3. The number of amides is 1. The lowest BCUT2D eigenvalue weighted by Gasteiger charge is -2.38. The normalized spacial score (nSPS) is 19.8. The molecule has 1 saturated heterocycles. The second-order valence-electron chi connectivity index (χ2n) is 7.42. The number of nitrogens with zero attached hydrogens (tertiary/aromatic N) is 1. The van der Waals surface area contributed by atoms with Crippen LogP contribution in [0, 0.1) is 18.8 Å². The van der Waals surface area contributed by atoms with Gasteiger partial charge in [-0.3, -0.25) is 9.69 Å². The Balaban J connectivity index is 1.47. The molecule has 132 valence electrons. The summed E-state index contributed by atoms with van der Waals surface area (Å²) in [4.78, 5) is 13.9. The minimum atomic E-state index is 0.161. The summed E-state index contributed by atoms with van der Waals surface area (Å²) in [7, 11) is 1.71. The van der Waals surface area contributed by atoms with Crippen molar-refractivity contribution >= 4 is 5.91 Å². The zero-order valence-electron chi connectivity index (χ0n) is 15.0. The number of likely N-dealkylation sites (tertiary alicyclic amines) is 1. The first-order valence-corrected chi connectivity index (χ1v) is 9.32. The van der Waals surface area contributed by atoms with E-state index in [-0.39, 0.29) is 11.8 Å². The molecule has 0 spiro atoms. The highest BCUT2D eigenvalue weighted by molar-refractivity contribution is 5.79. The van der Waals surface area contributed by atoms with E-state index in [0.29, 0.717) is 0 Å². The summed E-state index contributed by atoms with van der Waals surface area (Å²) in [6.45, 7) is 5.62. The molecule has 0 unspecified atom stereocenters. The van der Waals surface area contributed by atoms with Gasteiger partial charge in [0.15, 0.2) is 0 Å². The number of carbonyl (C=O) groups is 1. The number of hydrogen-bond acceptors (Lipinski definition) is 3. The molecule has 0 atom stereocenters. The van der Waals surface area contributed by atoms with Gasteiger partial charge in [0.05, 0.1) is 12.5 Å². The first-order chi connectivity index (χ1) is 11.7. The van der Waals surface area contributed by atoms with Gasteiger partial charge in [-0.05, 0) is 42.9 Å². The highest BCUT2D eigenvalue weighted by atomic mass is 16.5. The predicted octanol–water partition coefficient (Wildman–Crippen LogP) is 3.13. The van der Waals surface area contributed by atoms with Crippen LogP contribution in [-0.4, -0.2) is 37.6 Å². The Labute approximate surface area is 145 Å². The number of rotatable bonds is 6. The molecule has 1 amide bonds. The van der Waals surface area contributed by atoms with Crippen LogP contribution in [0.2, 0.25) is 0 Å². The maximum atomic E-state index is 11.5. The molecule has 2 fully saturated rings. The van der Waals surface area contributed by atoms with E-state index in [9.17, 15) is 4.79 Å². The van der Waals surface area contributed by atoms with Crippen LogP contribution in [0.25, 0.3) is 0 Å². The average molecular weight is 330 g/mol. The summed E-state index contributed by atoms with van der Waals surface area (Å²) >= 11 is 0. The van der Waals surface area contributed by atoms with E-state index in [1.54, 1.807) is 7.05 Å². The molecule has 4 nitrogen and oxygen atoms in total. The van der Waals surface area contributed by atoms with Crippen molar-refractivity contribution in [2.45, 2.75) is 45.6 Å². The molecular weight excluding hydrogens is 300 g/mol. The summed E-state index contributed by atoms with van der Waals surface area (Å²) < 4.78 is 6.07. The second kappa shape index (κ2) is 8.02. The molecule has 1 N–H and O–H groups in total. The number of hydrogen-bond donors (Lipinski definition) is 1. The Bertz CT molecular complexity index is 561. The maximum absolute atomic E-state index is 11.5. The summed E-state index contributed by atoms with van der Waals surface area (Å²) in [6.07, 6.45) is 6.75. The van der Waals surface area contributed by atoms with Crippen LogP contribution < -0.4 is 10.1 Å². The van der Waals surface area contributed by atoms with E-state index in [1.165, 1.54) is 43.2 Å². The van der Waals surface area contributed by atoms with Crippen molar-refractivity contribution in [1.82, 2.24) is 10.2 Å². The molecule has 3 rings (SSSR count). The van der Waals surface area contributed by atoms with Crippen LogP contribution >= 0.6 is 0 Å². The van der Waals surface area contributed by atoms with Gasteiger partial charge in [0.1, 0.15) is 5.75 Å². The Morgan fingerprint density at radius 2 is 2.00 bits per heavy atom. The summed E-state index contributed by atoms with van der Waals surface area (Å²) in [6, 6.07) is 6.50. The van der Waals surface area contributed by atoms with Crippen molar-refractivity contribution in [2.75, 3.05) is 26.7 Å². The van der Waals surface area contributed by atoms with E-state index in [1.807, 2.05) is 0 Å². The zero-order valence-corrected chi connectivity index (χ0v) is 15.0. The topological polar surface area (TPSA) is 41.6 Å². The minimum Gasteiger partial charge on any atom is -0.493 e. The number of ether oxygens (including phenoxy) is 1. The lowest BCUT2D eigenvalue weighted by Crippen LogP contribution is -2.52. The number of carbonyl (C=O) groups excluding carboxylic acids is 1. The van der Waals surface area contributed by atoms with Crippen molar-refractivity contribution in [2.24, 2.45) is 11.8 Å². The summed E-state index contributed by atoms with van der Waals surface area (Å²) in [5.74, 6) is 2.08. The summed E-state index contributed by atoms with van der Waals surface area (Å²) in [5, 5.41) is 2.73. The molecular formula is C20H30N2O2. The third-order valence-corrected chi connectivity index (χ3v) is 5.42. The largest absolute Gasteiger partial charge is 0.493 e. The molecule has 1 saturated carbocycles. The molecule has 4 heteroatoms. The molecule has 0 aromatic heterocycles. The Morgan fingerprint density at radius 3 is 2.67 bits per heavy atom. The third-order valence-electron chi connectivity index (χ3n) is 5.42. The molecule has 0 bridgehead atoms. The number of aryl methyl sites for hydroxylation is 1. The first-order valence-electron chi connectivity index (χ1n) is 9.32. The van der Waals surface area contributed by atoms with E-state index in [2.05, 4.69) is 35.3 Å². The van der Waals surface area contributed by atoms with E-state index >= 15 is 0 Å². The number of nitrogens with one attached hydrogen (secondary N) is 1. The quantitative estimate of drug-likeness (QED) is 0.871. The fraction of sp³-hybridized carbons (Fsp3) is 0.650. The smallest absolute Gasteiger partial charge is 0.225 e. The lowest BCUT2D eigenvalue weighted by atomic mass is 9.90. The van der Waals surface area contributed by atoms with E-state index < -0.39 is 0 Å². The molecule has 1 aliphatic heterocycles. The van der Waals surface area contributed by atoms with Crippen LogP contribution in [0.5, 0.6) is 5.75 Å². The second-order valence-corrected chi connectivity index (χ2v) is 7.42. The molecule has 1 aromatic carbocycles. The average Bonchev–Trinajstić information content (AvgIpc) is 2.57. The summed E-state index contributed by atoms with van der Waals surface area (Å²) in [5.41, 5.74) is 2.51. The fourth-order valence-electron chi connectivity index (χ4n) is 3.86. The molecule has 1 aliphatic carbocycles. The zero-order chi connectivity index (χ0) is 16.9. The van der Waals surface area contributed by atoms with Gasteiger partial charge in [0.25, 0.3) is 0 Å². The van der Waals surface area contributed by atoms with Crippen LogP contribution in [-0.2, 0) is 11.3 Å². The van der Waals surface area contributed by atoms with Gasteiger partial charge < -0.3 is 10.1 Å². The minimum absolute atomic E-state index is 0.161. The Kier molecular flexibility index (Phi) is 5.77. The fourth-order valence-corrected chi connectivity index (χ4v) is 3.86. The predicted molar refractivity (Wildman–Crippen MR) is 96.1 cm³/mol. The standard InChI is InChI=1S/C20H30N2O2/c1-15-10-17(11-22-12-18(13-22)20(23)21-2)8-9-19(15)24-14-16-6-4-3-5-7-16/h8-10,16,18H,3-7,11-14H2,1-2H3,(H,21,23). The van der Waals surface area contributed by atoms with Crippen LogP contribution in [0.15, 0.2) is 18.2 Å². The van der Waals surface area contributed by atoms with Gasteiger partial charge in [-0.2, -0.15) is 0 Å². The Morgan fingerprint density at radius 1 is 1.25 bits per heavy atom. The molecule has 24 heavy (non-hydrogen) atoms. The van der Waals surface area contributed by atoms with Crippen molar-refractivity contribution in [3.8, 4) is 5.75 Å². The molecule has 0 radical (unpaired) electrons. The van der Waals surface area contributed by atoms with Gasteiger partial charge >= 0.3 is 0 Å². The van der Waals surface area contributed by atoms with Crippen molar-refractivity contribution < 1.29 is 9.53 Å². The van der Waals surface area contributed by atoms with Crippen LogP contribution in [0.3, 0.4) is 0 Å². The van der Waals surface area contributed by atoms with E-state index in [0.717, 1.165) is 37.9 Å². The monoisotopic (exact) mass is 330 g/mol. The van der Waals surface area contributed by atoms with E-state index in [4.69, 9.17) is 4.74 Å². The molecule has 1 aromatic rings. The van der Waals surface area contributed by atoms with Gasteiger partial charge in [-0.1, -0.05) is 31.4 Å². The molecule has 1 heterocycles. The van der Waals surface area contributed by atoms with Crippen molar-refractivity contribution in [3.05, 3.63) is 29.3 Å². The van der Waals surface area contributed by atoms with Crippen LogP contribution in [0.1, 0.15) is 43.2 Å². The van der Waals surface area contributed by atoms with Crippen molar-refractivity contribution in [1.29, 1.82) is 0 Å². The SMILES string of the molecule is CNC(=O)C1CN(Cc2ccc(OCC3CCCCC3)c(C)c2)C1. The third kappa shape index (κ3) is 4.29. The Hall–Kier alpha value is -1.55. The highest BCUT2D eigenvalue weighted by Crippen LogP contribution is 2.27. The maximum Gasteiger partial charge on any atom is 0.225 e. The highest BCUT2D eigenvalue weighted by Gasteiger charge is 2.31.